The summed E-state index contributed by atoms with van der Waals surface area (Å²) in [5.74, 6) is 0.875. The molecule has 0 saturated carbocycles. The van der Waals surface area contributed by atoms with Crippen LogP contribution in [0.4, 0.5) is 0 Å². The van der Waals surface area contributed by atoms with Crippen LogP contribution in [0.3, 0.4) is 0 Å². The first-order valence-corrected chi connectivity index (χ1v) is 7.43. The van der Waals surface area contributed by atoms with Crippen LogP contribution >= 0.6 is 11.3 Å². The molecule has 2 aromatic rings. The fourth-order valence-corrected chi connectivity index (χ4v) is 2.56. The predicted molar refractivity (Wildman–Crippen MR) is 85.0 cm³/mol. The van der Waals surface area contributed by atoms with Gasteiger partial charge in [-0.3, -0.25) is 4.99 Å². The van der Waals surface area contributed by atoms with E-state index in [4.69, 9.17) is 0 Å². The Balaban J connectivity index is 1.91. The second-order valence-electron chi connectivity index (χ2n) is 4.60. The Hall–Kier alpha value is -1.88. The van der Waals surface area contributed by atoms with Crippen LogP contribution in [-0.2, 0) is 13.1 Å². The van der Waals surface area contributed by atoms with Crippen molar-refractivity contribution in [2.45, 2.75) is 20.0 Å². The van der Waals surface area contributed by atoms with Gasteiger partial charge in [-0.05, 0) is 12.5 Å². The SMILES string of the molecule is CN=C(NCc1ccccc1)N(C)Cc1csc(C)n1. The highest BCUT2D eigenvalue weighted by molar-refractivity contribution is 7.09. The molecule has 0 saturated heterocycles. The zero-order valence-electron chi connectivity index (χ0n) is 12.1. The smallest absolute Gasteiger partial charge is 0.194 e. The molecule has 0 spiro atoms. The van der Waals surface area contributed by atoms with Gasteiger partial charge in [-0.1, -0.05) is 30.3 Å². The predicted octanol–water partition coefficient (Wildman–Crippen LogP) is 2.66. The molecule has 0 amide bonds. The lowest BCUT2D eigenvalue weighted by molar-refractivity contribution is 0.470. The Morgan fingerprint density at radius 2 is 2.10 bits per heavy atom. The molecule has 0 aliphatic carbocycles. The van der Waals surface area contributed by atoms with Gasteiger partial charge in [-0.25, -0.2) is 4.98 Å². The number of thiazole rings is 1. The van der Waals surface area contributed by atoms with E-state index in [0.717, 1.165) is 29.8 Å². The summed E-state index contributed by atoms with van der Waals surface area (Å²) in [6, 6.07) is 10.3. The van der Waals surface area contributed by atoms with Crippen molar-refractivity contribution in [1.82, 2.24) is 15.2 Å². The molecule has 1 heterocycles. The molecule has 2 rings (SSSR count). The minimum Gasteiger partial charge on any atom is -0.352 e. The monoisotopic (exact) mass is 288 g/mol. The highest BCUT2D eigenvalue weighted by Gasteiger charge is 2.08. The molecule has 1 N–H and O–H groups in total. The van der Waals surface area contributed by atoms with Crippen LogP contribution in [0.25, 0.3) is 0 Å². The summed E-state index contributed by atoms with van der Waals surface area (Å²) >= 11 is 1.68. The van der Waals surface area contributed by atoms with Gasteiger partial charge in [0, 0.05) is 26.0 Å². The molecule has 106 valence electrons. The van der Waals surface area contributed by atoms with Crippen molar-refractivity contribution < 1.29 is 0 Å². The van der Waals surface area contributed by atoms with Crippen molar-refractivity contribution in [2.75, 3.05) is 14.1 Å². The summed E-state index contributed by atoms with van der Waals surface area (Å²) in [6.07, 6.45) is 0. The normalized spacial score (nSPS) is 11.4. The molecule has 0 radical (unpaired) electrons. The van der Waals surface area contributed by atoms with Crippen LogP contribution in [-0.4, -0.2) is 29.9 Å². The number of hydrogen-bond acceptors (Lipinski definition) is 3. The van der Waals surface area contributed by atoms with E-state index in [-0.39, 0.29) is 0 Å². The lowest BCUT2D eigenvalue weighted by Gasteiger charge is -2.21. The molecule has 4 nitrogen and oxygen atoms in total. The maximum atomic E-state index is 4.48. The lowest BCUT2D eigenvalue weighted by atomic mass is 10.2. The Morgan fingerprint density at radius 1 is 1.35 bits per heavy atom. The van der Waals surface area contributed by atoms with E-state index >= 15 is 0 Å². The third-order valence-electron chi connectivity index (χ3n) is 2.93. The lowest BCUT2D eigenvalue weighted by Crippen LogP contribution is -2.38. The third kappa shape index (κ3) is 4.06. The largest absolute Gasteiger partial charge is 0.352 e. The van der Waals surface area contributed by atoms with Crippen LogP contribution < -0.4 is 5.32 Å². The number of aliphatic imine (C=N–C) groups is 1. The Morgan fingerprint density at radius 3 is 2.70 bits per heavy atom. The zero-order valence-corrected chi connectivity index (χ0v) is 12.9. The van der Waals surface area contributed by atoms with Gasteiger partial charge in [-0.2, -0.15) is 0 Å². The third-order valence-corrected chi connectivity index (χ3v) is 3.75. The number of benzene rings is 1. The molecule has 20 heavy (non-hydrogen) atoms. The van der Waals surface area contributed by atoms with Gasteiger partial charge in [0.15, 0.2) is 5.96 Å². The summed E-state index contributed by atoms with van der Waals surface area (Å²) < 4.78 is 0. The number of rotatable bonds is 4. The first-order chi connectivity index (χ1) is 9.69. The van der Waals surface area contributed by atoms with E-state index in [1.165, 1.54) is 5.56 Å². The fourth-order valence-electron chi connectivity index (χ4n) is 1.96. The average Bonchev–Trinajstić information content (AvgIpc) is 2.86. The van der Waals surface area contributed by atoms with E-state index < -0.39 is 0 Å². The van der Waals surface area contributed by atoms with Crippen molar-refractivity contribution in [2.24, 2.45) is 4.99 Å². The summed E-state index contributed by atoms with van der Waals surface area (Å²) in [6.45, 7) is 3.56. The molecule has 5 heteroatoms. The van der Waals surface area contributed by atoms with Crippen molar-refractivity contribution in [3.05, 3.63) is 52.0 Å². The Kier molecular flexibility index (Phi) is 5.12. The van der Waals surface area contributed by atoms with Crippen LogP contribution in [0.15, 0.2) is 40.7 Å². The van der Waals surface area contributed by atoms with Crippen LogP contribution in [0.5, 0.6) is 0 Å². The molecule has 0 aliphatic heterocycles. The molecule has 0 bridgehead atoms. The Bertz CT molecular complexity index is 562. The molecule has 0 unspecified atom stereocenters. The summed E-state index contributed by atoms with van der Waals surface area (Å²) in [5, 5.41) is 6.56. The van der Waals surface area contributed by atoms with Gasteiger partial charge in [0.25, 0.3) is 0 Å². The number of hydrogen-bond donors (Lipinski definition) is 1. The van der Waals surface area contributed by atoms with Gasteiger partial charge in [0.1, 0.15) is 0 Å². The first kappa shape index (κ1) is 14.5. The van der Waals surface area contributed by atoms with Gasteiger partial charge in [0.2, 0.25) is 0 Å². The van der Waals surface area contributed by atoms with Crippen LogP contribution in [0.1, 0.15) is 16.3 Å². The average molecular weight is 288 g/mol. The number of nitrogens with zero attached hydrogens (tertiary/aromatic N) is 3. The van der Waals surface area contributed by atoms with Crippen molar-refractivity contribution in [3.63, 3.8) is 0 Å². The number of nitrogens with one attached hydrogen (secondary N) is 1. The number of guanidine groups is 1. The number of aromatic nitrogens is 1. The van der Waals surface area contributed by atoms with E-state index in [2.05, 4.69) is 37.7 Å². The van der Waals surface area contributed by atoms with Crippen molar-refractivity contribution >= 4 is 17.3 Å². The second-order valence-corrected chi connectivity index (χ2v) is 5.66. The maximum absolute atomic E-state index is 4.48. The Labute approximate surface area is 124 Å². The van der Waals surface area contributed by atoms with Crippen molar-refractivity contribution in [3.8, 4) is 0 Å². The molecular formula is C15H20N4S. The molecule has 0 aliphatic rings. The van der Waals surface area contributed by atoms with E-state index in [1.54, 1.807) is 18.4 Å². The molecule has 0 atom stereocenters. The highest BCUT2D eigenvalue weighted by Crippen LogP contribution is 2.09. The van der Waals surface area contributed by atoms with Crippen LogP contribution in [0.2, 0.25) is 0 Å². The van der Waals surface area contributed by atoms with Crippen LogP contribution in [0, 0.1) is 6.92 Å². The van der Waals surface area contributed by atoms with Gasteiger partial charge >= 0.3 is 0 Å². The van der Waals surface area contributed by atoms with Gasteiger partial charge in [-0.15, -0.1) is 11.3 Å². The van der Waals surface area contributed by atoms with Gasteiger partial charge < -0.3 is 10.2 Å². The topological polar surface area (TPSA) is 40.5 Å². The minimum atomic E-state index is 0.763. The van der Waals surface area contributed by atoms with E-state index in [9.17, 15) is 0 Å². The minimum absolute atomic E-state index is 0.763. The fraction of sp³-hybridized carbons (Fsp3) is 0.333. The molecular weight excluding hydrogens is 268 g/mol. The molecule has 1 aromatic carbocycles. The summed E-state index contributed by atoms with van der Waals surface area (Å²) in [5.41, 5.74) is 2.32. The van der Waals surface area contributed by atoms with E-state index in [0.29, 0.717) is 0 Å². The first-order valence-electron chi connectivity index (χ1n) is 6.55. The summed E-state index contributed by atoms with van der Waals surface area (Å²) in [7, 11) is 3.82. The maximum Gasteiger partial charge on any atom is 0.194 e. The molecule has 0 fully saturated rings. The highest BCUT2D eigenvalue weighted by atomic mass is 32.1. The standard InChI is InChI=1S/C15H20N4S/c1-12-18-14(11-20-12)10-19(3)15(16-2)17-9-13-7-5-4-6-8-13/h4-8,11H,9-10H2,1-3H3,(H,16,17). The summed E-state index contributed by atoms with van der Waals surface area (Å²) in [4.78, 5) is 10.9. The number of aryl methyl sites for hydroxylation is 1. The zero-order chi connectivity index (χ0) is 14.4. The van der Waals surface area contributed by atoms with E-state index in [1.807, 2.05) is 32.2 Å². The quantitative estimate of drug-likeness (QED) is 0.694. The van der Waals surface area contributed by atoms with Crippen molar-refractivity contribution in [1.29, 1.82) is 0 Å². The molecule has 1 aromatic heterocycles. The second kappa shape index (κ2) is 7.05. The van der Waals surface area contributed by atoms with Gasteiger partial charge in [0.05, 0.1) is 17.2 Å².